The molecule has 0 radical (unpaired) electrons. The molecule has 0 unspecified atom stereocenters. The van der Waals surface area contributed by atoms with E-state index < -0.39 is 0 Å². The number of carbonyl (C=O) groups is 1. The highest BCUT2D eigenvalue weighted by Gasteiger charge is 2.18. The standard InChI is InChI=1S/C10H16N4O/c15-10(14-8-2-1-3-8)13-5-4-9-11-6-7-12-9/h6-8H,1-5H2,(H,11,12)(H2,13,14,15). The van der Waals surface area contributed by atoms with E-state index in [1.165, 1.54) is 6.42 Å². The summed E-state index contributed by atoms with van der Waals surface area (Å²) in [5.74, 6) is 0.902. The Morgan fingerprint density at radius 3 is 3.07 bits per heavy atom. The lowest BCUT2D eigenvalue weighted by atomic mass is 9.93. The van der Waals surface area contributed by atoms with Crippen molar-refractivity contribution in [3.05, 3.63) is 18.2 Å². The molecule has 82 valence electrons. The van der Waals surface area contributed by atoms with E-state index in [1.807, 2.05) is 0 Å². The minimum Gasteiger partial charge on any atom is -0.349 e. The third-order valence-electron chi connectivity index (χ3n) is 2.64. The number of aromatic amines is 1. The van der Waals surface area contributed by atoms with Crippen LogP contribution in [0.2, 0.25) is 0 Å². The number of amides is 2. The zero-order valence-electron chi connectivity index (χ0n) is 8.62. The fourth-order valence-electron chi connectivity index (χ4n) is 1.52. The molecule has 5 nitrogen and oxygen atoms in total. The quantitative estimate of drug-likeness (QED) is 0.685. The van der Waals surface area contributed by atoms with Gasteiger partial charge in [0.2, 0.25) is 0 Å². The third-order valence-corrected chi connectivity index (χ3v) is 2.64. The molecule has 0 atom stereocenters. The van der Waals surface area contributed by atoms with Gasteiger partial charge in [0.1, 0.15) is 5.82 Å². The molecular formula is C10H16N4O. The van der Waals surface area contributed by atoms with Gasteiger partial charge in [-0.1, -0.05) is 0 Å². The highest BCUT2D eigenvalue weighted by molar-refractivity contribution is 5.74. The van der Waals surface area contributed by atoms with Crippen LogP contribution in [0.5, 0.6) is 0 Å². The molecule has 15 heavy (non-hydrogen) atoms. The van der Waals surface area contributed by atoms with Gasteiger partial charge in [-0.05, 0) is 19.3 Å². The summed E-state index contributed by atoms with van der Waals surface area (Å²) in [7, 11) is 0. The summed E-state index contributed by atoms with van der Waals surface area (Å²) in [6.07, 6.45) is 7.70. The van der Waals surface area contributed by atoms with Crippen molar-refractivity contribution in [1.82, 2.24) is 20.6 Å². The van der Waals surface area contributed by atoms with Gasteiger partial charge in [0.25, 0.3) is 0 Å². The highest BCUT2D eigenvalue weighted by atomic mass is 16.2. The van der Waals surface area contributed by atoms with Crippen molar-refractivity contribution in [2.24, 2.45) is 0 Å². The van der Waals surface area contributed by atoms with E-state index in [0.29, 0.717) is 12.6 Å². The number of carbonyl (C=O) groups excluding carboxylic acids is 1. The molecule has 0 saturated heterocycles. The number of urea groups is 1. The molecule has 3 N–H and O–H groups in total. The molecular weight excluding hydrogens is 192 g/mol. The van der Waals surface area contributed by atoms with Crippen LogP contribution in [0.1, 0.15) is 25.1 Å². The zero-order valence-corrected chi connectivity index (χ0v) is 8.62. The molecule has 1 aromatic rings. The fraction of sp³-hybridized carbons (Fsp3) is 0.600. The van der Waals surface area contributed by atoms with Crippen LogP contribution in [-0.4, -0.2) is 28.6 Å². The smallest absolute Gasteiger partial charge is 0.315 e. The molecule has 0 bridgehead atoms. The maximum atomic E-state index is 11.3. The number of imidazole rings is 1. The number of nitrogens with zero attached hydrogens (tertiary/aromatic N) is 1. The fourth-order valence-corrected chi connectivity index (χ4v) is 1.52. The van der Waals surface area contributed by atoms with Crippen molar-refractivity contribution >= 4 is 6.03 Å². The second-order valence-corrected chi connectivity index (χ2v) is 3.81. The normalized spacial score (nSPS) is 15.7. The van der Waals surface area contributed by atoms with E-state index in [0.717, 1.165) is 25.1 Å². The van der Waals surface area contributed by atoms with E-state index in [2.05, 4.69) is 20.6 Å². The Labute approximate surface area is 88.7 Å². The topological polar surface area (TPSA) is 69.8 Å². The van der Waals surface area contributed by atoms with Crippen LogP contribution in [0.25, 0.3) is 0 Å². The van der Waals surface area contributed by atoms with Gasteiger partial charge in [-0.2, -0.15) is 0 Å². The molecule has 0 spiro atoms. The summed E-state index contributed by atoms with van der Waals surface area (Å²) in [4.78, 5) is 18.4. The second-order valence-electron chi connectivity index (χ2n) is 3.81. The second kappa shape index (κ2) is 4.82. The lowest BCUT2D eigenvalue weighted by Crippen LogP contribution is -2.45. The lowest BCUT2D eigenvalue weighted by molar-refractivity contribution is 0.228. The minimum absolute atomic E-state index is 0.0637. The summed E-state index contributed by atoms with van der Waals surface area (Å²) >= 11 is 0. The highest BCUT2D eigenvalue weighted by Crippen LogP contribution is 2.17. The minimum atomic E-state index is -0.0637. The van der Waals surface area contributed by atoms with Gasteiger partial charge >= 0.3 is 6.03 Å². The Kier molecular flexibility index (Phi) is 3.22. The maximum Gasteiger partial charge on any atom is 0.315 e. The first kappa shape index (κ1) is 10.0. The van der Waals surface area contributed by atoms with Gasteiger partial charge in [0.15, 0.2) is 0 Å². The molecule has 1 fully saturated rings. The number of H-pyrrole nitrogens is 1. The van der Waals surface area contributed by atoms with Crippen molar-refractivity contribution < 1.29 is 4.79 Å². The summed E-state index contributed by atoms with van der Waals surface area (Å²) in [6.45, 7) is 0.617. The number of hydrogen-bond acceptors (Lipinski definition) is 2. The van der Waals surface area contributed by atoms with Crippen molar-refractivity contribution in [2.45, 2.75) is 31.7 Å². The van der Waals surface area contributed by atoms with Crippen LogP contribution in [0.4, 0.5) is 4.79 Å². The monoisotopic (exact) mass is 208 g/mol. The molecule has 1 heterocycles. The average molecular weight is 208 g/mol. The van der Waals surface area contributed by atoms with Crippen molar-refractivity contribution in [3.8, 4) is 0 Å². The van der Waals surface area contributed by atoms with E-state index in [4.69, 9.17) is 0 Å². The van der Waals surface area contributed by atoms with E-state index >= 15 is 0 Å². The lowest BCUT2D eigenvalue weighted by Gasteiger charge is -2.26. The number of rotatable bonds is 4. The largest absolute Gasteiger partial charge is 0.349 e. The molecule has 0 aromatic carbocycles. The Morgan fingerprint density at radius 1 is 1.60 bits per heavy atom. The van der Waals surface area contributed by atoms with E-state index in [-0.39, 0.29) is 6.03 Å². The van der Waals surface area contributed by atoms with Crippen LogP contribution in [-0.2, 0) is 6.42 Å². The molecule has 0 aliphatic heterocycles. The van der Waals surface area contributed by atoms with Crippen molar-refractivity contribution in [1.29, 1.82) is 0 Å². The van der Waals surface area contributed by atoms with Crippen LogP contribution in [0.15, 0.2) is 12.4 Å². The molecule has 2 rings (SSSR count). The Morgan fingerprint density at radius 2 is 2.47 bits per heavy atom. The van der Waals surface area contributed by atoms with Gasteiger partial charge in [-0.25, -0.2) is 9.78 Å². The van der Waals surface area contributed by atoms with Gasteiger partial charge < -0.3 is 15.6 Å². The summed E-state index contributed by atoms with van der Waals surface area (Å²) in [5, 5.41) is 5.73. The predicted molar refractivity (Wildman–Crippen MR) is 56.5 cm³/mol. The van der Waals surface area contributed by atoms with Gasteiger partial charge in [-0.15, -0.1) is 0 Å². The zero-order chi connectivity index (χ0) is 10.5. The number of aromatic nitrogens is 2. The summed E-state index contributed by atoms with van der Waals surface area (Å²) < 4.78 is 0. The SMILES string of the molecule is O=C(NCCc1ncc[nH]1)NC1CCC1. The predicted octanol–water partition coefficient (Wildman–Crippen LogP) is 0.804. The van der Waals surface area contributed by atoms with Crippen LogP contribution in [0.3, 0.4) is 0 Å². The van der Waals surface area contributed by atoms with Crippen molar-refractivity contribution in [3.63, 3.8) is 0 Å². The molecule has 1 saturated carbocycles. The first-order valence-electron chi connectivity index (χ1n) is 5.37. The Bertz CT molecular complexity index is 305. The molecule has 1 aromatic heterocycles. The average Bonchev–Trinajstić information content (AvgIpc) is 2.64. The van der Waals surface area contributed by atoms with Crippen LogP contribution < -0.4 is 10.6 Å². The van der Waals surface area contributed by atoms with Gasteiger partial charge in [0.05, 0.1) is 0 Å². The molecule has 5 heteroatoms. The van der Waals surface area contributed by atoms with E-state index in [9.17, 15) is 4.79 Å². The Balaban J connectivity index is 1.58. The van der Waals surface area contributed by atoms with Gasteiger partial charge in [-0.3, -0.25) is 0 Å². The summed E-state index contributed by atoms with van der Waals surface area (Å²) in [5.41, 5.74) is 0. The number of hydrogen-bond donors (Lipinski definition) is 3. The van der Waals surface area contributed by atoms with Gasteiger partial charge in [0, 0.05) is 31.4 Å². The first-order valence-corrected chi connectivity index (χ1v) is 5.37. The summed E-state index contributed by atoms with van der Waals surface area (Å²) in [6, 6.07) is 0.333. The molecule has 1 aliphatic rings. The van der Waals surface area contributed by atoms with E-state index in [1.54, 1.807) is 12.4 Å². The number of nitrogens with one attached hydrogen (secondary N) is 3. The van der Waals surface area contributed by atoms with Crippen LogP contribution in [0, 0.1) is 0 Å². The third kappa shape index (κ3) is 2.97. The molecule has 2 amide bonds. The Hall–Kier alpha value is -1.52. The first-order chi connectivity index (χ1) is 7.34. The van der Waals surface area contributed by atoms with Crippen LogP contribution >= 0.6 is 0 Å². The van der Waals surface area contributed by atoms with Crippen molar-refractivity contribution in [2.75, 3.05) is 6.54 Å². The maximum absolute atomic E-state index is 11.3. The molecule has 1 aliphatic carbocycles.